The van der Waals surface area contributed by atoms with Gasteiger partial charge in [0, 0.05) is 23.8 Å². The summed E-state index contributed by atoms with van der Waals surface area (Å²) in [7, 11) is 1.77. The van der Waals surface area contributed by atoms with Crippen LogP contribution in [0.4, 0.5) is 11.4 Å². The van der Waals surface area contributed by atoms with Gasteiger partial charge in [0.1, 0.15) is 0 Å². The largest absolute Gasteiger partial charge is 0.397 e. The van der Waals surface area contributed by atoms with E-state index in [9.17, 15) is 4.79 Å². The van der Waals surface area contributed by atoms with E-state index in [0.717, 1.165) is 10.6 Å². The van der Waals surface area contributed by atoms with E-state index >= 15 is 0 Å². The molecule has 0 atom stereocenters. The summed E-state index contributed by atoms with van der Waals surface area (Å²) in [5.74, 6) is 0.381. The average molecular weight is 273 g/mol. The predicted molar refractivity (Wildman–Crippen MR) is 79.2 cm³/mol. The van der Waals surface area contributed by atoms with E-state index in [1.165, 1.54) is 11.8 Å². The van der Waals surface area contributed by atoms with Gasteiger partial charge in [-0.1, -0.05) is 18.2 Å². The molecule has 19 heavy (non-hydrogen) atoms. The molecule has 0 bridgehead atoms. The predicted octanol–water partition coefficient (Wildman–Crippen LogP) is 2.42. The van der Waals surface area contributed by atoms with Crippen LogP contribution in [-0.4, -0.2) is 23.7 Å². The highest BCUT2D eigenvalue weighted by molar-refractivity contribution is 8.00. The van der Waals surface area contributed by atoms with Crippen molar-refractivity contribution in [2.45, 2.75) is 4.90 Å². The van der Waals surface area contributed by atoms with Gasteiger partial charge >= 0.3 is 0 Å². The molecule has 4 nitrogen and oxygen atoms in total. The fourth-order valence-corrected chi connectivity index (χ4v) is 2.41. The topological polar surface area (TPSA) is 59.2 Å². The molecule has 1 aromatic heterocycles. The average Bonchev–Trinajstić information content (AvgIpc) is 2.46. The quantitative estimate of drug-likeness (QED) is 0.869. The molecule has 2 N–H and O–H groups in total. The lowest BCUT2D eigenvalue weighted by Gasteiger charge is -2.17. The number of nitrogens with two attached hydrogens (primary N) is 1. The van der Waals surface area contributed by atoms with Crippen LogP contribution in [0.25, 0.3) is 0 Å². The summed E-state index contributed by atoms with van der Waals surface area (Å²) in [6, 6.07) is 11.4. The van der Waals surface area contributed by atoms with Crippen molar-refractivity contribution in [3.05, 3.63) is 48.8 Å². The Morgan fingerprint density at radius 2 is 2.05 bits per heavy atom. The highest BCUT2D eigenvalue weighted by atomic mass is 32.2. The lowest BCUT2D eigenvalue weighted by molar-refractivity contribution is -0.115. The van der Waals surface area contributed by atoms with Crippen molar-refractivity contribution in [3.8, 4) is 0 Å². The van der Waals surface area contributed by atoms with Gasteiger partial charge in [-0.25, -0.2) is 0 Å². The van der Waals surface area contributed by atoms with E-state index < -0.39 is 0 Å². The second-order valence-corrected chi connectivity index (χ2v) is 5.01. The molecular formula is C14H15N3OS. The third kappa shape index (κ3) is 3.48. The van der Waals surface area contributed by atoms with E-state index in [1.54, 1.807) is 24.3 Å². The molecule has 0 aliphatic carbocycles. The third-order valence-electron chi connectivity index (χ3n) is 2.68. The Morgan fingerprint density at radius 3 is 2.74 bits per heavy atom. The van der Waals surface area contributed by atoms with Crippen molar-refractivity contribution < 1.29 is 4.79 Å². The zero-order valence-corrected chi connectivity index (χ0v) is 11.4. The van der Waals surface area contributed by atoms with Crippen LogP contribution in [0.15, 0.2) is 53.7 Å². The Bertz CT molecular complexity index is 560. The summed E-state index contributed by atoms with van der Waals surface area (Å²) in [6.45, 7) is 0. The Kier molecular flexibility index (Phi) is 4.41. The maximum Gasteiger partial charge on any atom is 0.237 e. The minimum absolute atomic E-state index is 0.0346. The molecule has 0 aliphatic rings. The number of nitrogen functional groups attached to an aromatic ring is 1. The molecule has 0 saturated heterocycles. The van der Waals surface area contributed by atoms with Gasteiger partial charge in [0.2, 0.25) is 5.91 Å². The van der Waals surface area contributed by atoms with Crippen LogP contribution < -0.4 is 10.6 Å². The van der Waals surface area contributed by atoms with Crippen LogP contribution in [0.1, 0.15) is 0 Å². The van der Waals surface area contributed by atoms with E-state index in [-0.39, 0.29) is 5.91 Å². The van der Waals surface area contributed by atoms with Crippen molar-refractivity contribution in [3.63, 3.8) is 0 Å². The number of hydrogen-bond donors (Lipinski definition) is 1. The normalized spacial score (nSPS) is 10.2. The molecule has 98 valence electrons. The molecule has 0 radical (unpaired) electrons. The summed E-state index contributed by atoms with van der Waals surface area (Å²) in [5.41, 5.74) is 7.27. The molecule has 0 saturated carbocycles. The number of anilines is 2. The summed E-state index contributed by atoms with van der Waals surface area (Å²) in [5, 5.41) is 0. The zero-order chi connectivity index (χ0) is 13.7. The number of para-hydroxylation sites is 1. The van der Waals surface area contributed by atoms with E-state index in [4.69, 9.17) is 5.73 Å². The molecule has 0 unspecified atom stereocenters. The molecule has 0 spiro atoms. The van der Waals surface area contributed by atoms with Crippen LogP contribution in [0.2, 0.25) is 0 Å². The van der Waals surface area contributed by atoms with Gasteiger partial charge in [-0.05, 0) is 18.2 Å². The number of amides is 1. The second kappa shape index (κ2) is 6.24. The molecule has 0 aliphatic heterocycles. The first kappa shape index (κ1) is 13.4. The van der Waals surface area contributed by atoms with Crippen molar-refractivity contribution in [1.82, 2.24) is 4.98 Å². The van der Waals surface area contributed by atoms with Gasteiger partial charge in [0.05, 0.1) is 17.6 Å². The van der Waals surface area contributed by atoms with Crippen LogP contribution in [0.5, 0.6) is 0 Å². The Balaban J connectivity index is 1.97. The third-order valence-corrected chi connectivity index (χ3v) is 3.75. The van der Waals surface area contributed by atoms with E-state index in [2.05, 4.69) is 4.98 Å². The summed E-state index contributed by atoms with van der Waals surface area (Å²) >= 11 is 1.42. The van der Waals surface area contributed by atoms with Crippen LogP contribution in [0.3, 0.4) is 0 Å². The molecular weight excluding hydrogens is 258 g/mol. The Labute approximate surface area is 116 Å². The number of carbonyl (C=O) groups excluding carboxylic acids is 1. The first-order chi connectivity index (χ1) is 9.18. The van der Waals surface area contributed by atoms with Gasteiger partial charge in [-0.2, -0.15) is 0 Å². The van der Waals surface area contributed by atoms with Crippen molar-refractivity contribution >= 4 is 29.0 Å². The van der Waals surface area contributed by atoms with Gasteiger partial charge in [-0.15, -0.1) is 11.8 Å². The van der Waals surface area contributed by atoms with Gasteiger partial charge in [0.25, 0.3) is 0 Å². The van der Waals surface area contributed by atoms with Gasteiger partial charge in [-0.3, -0.25) is 9.78 Å². The molecule has 1 aromatic carbocycles. The maximum absolute atomic E-state index is 12.1. The second-order valence-electron chi connectivity index (χ2n) is 3.99. The van der Waals surface area contributed by atoms with Crippen LogP contribution >= 0.6 is 11.8 Å². The molecule has 1 heterocycles. The van der Waals surface area contributed by atoms with Crippen molar-refractivity contribution in [1.29, 1.82) is 0 Å². The minimum atomic E-state index is 0.0346. The minimum Gasteiger partial charge on any atom is -0.397 e. The monoisotopic (exact) mass is 273 g/mol. The number of hydrogen-bond acceptors (Lipinski definition) is 4. The van der Waals surface area contributed by atoms with E-state index in [1.807, 2.05) is 36.4 Å². The first-order valence-corrected chi connectivity index (χ1v) is 6.81. The van der Waals surface area contributed by atoms with E-state index in [0.29, 0.717) is 11.4 Å². The molecule has 1 amide bonds. The highest BCUT2D eigenvalue weighted by Gasteiger charge is 2.11. The van der Waals surface area contributed by atoms with Crippen molar-refractivity contribution in [2.75, 3.05) is 23.4 Å². The van der Waals surface area contributed by atoms with Gasteiger partial charge in [0.15, 0.2) is 0 Å². The number of benzene rings is 1. The van der Waals surface area contributed by atoms with Crippen LogP contribution in [-0.2, 0) is 4.79 Å². The fraction of sp³-hybridized carbons (Fsp3) is 0.143. The van der Waals surface area contributed by atoms with Crippen molar-refractivity contribution in [2.24, 2.45) is 0 Å². The fourth-order valence-electron chi connectivity index (χ4n) is 1.56. The maximum atomic E-state index is 12.1. The SMILES string of the molecule is CN(C(=O)CSc1ccncc1N)c1ccccc1. The zero-order valence-electron chi connectivity index (χ0n) is 10.6. The standard InChI is InChI=1S/C14H15N3OS/c1-17(11-5-3-2-4-6-11)14(18)10-19-13-7-8-16-9-12(13)15/h2-9H,10,15H2,1H3. The summed E-state index contributed by atoms with van der Waals surface area (Å²) < 4.78 is 0. The van der Waals surface area contributed by atoms with Gasteiger partial charge < -0.3 is 10.6 Å². The first-order valence-electron chi connectivity index (χ1n) is 5.82. The smallest absolute Gasteiger partial charge is 0.237 e. The summed E-state index contributed by atoms with van der Waals surface area (Å²) in [4.78, 5) is 18.5. The number of aromatic nitrogens is 1. The Morgan fingerprint density at radius 1 is 1.32 bits per heavy atom. The molecule has 0 fully saturated rings. The number of thioether (sulfide) groups is 1. The molecule has 2 aromatic rings. The Hall–Kier alpha value is -2.01. The molecule has 5 heteroatoms. The number of rotatable bonds is 4. The molecule has 2 rings (SSSR count). The lowest BCUT2D eigenvalue weighted by Crippen LogP contribution is -2.27. The highest BCUT2D eigenvalue weighted by Crippen LogP contribution is 2.24. The number of pyridine rings is 1. The lowest BCUT2D eigenvalue weighted by atomic mass is 10.3. The van der Waals surface area contributed by atoms with Crippen LogP contribution in [0, 0.1) is 0 Å². The number of carbonyl (C=O) groups is 1. The number of nitrogens with zero attached hydrogens (tertiary/aromatic N) is 2. The summed E-state index contributed by atoms with van der Waals surface area (Å²) in [6.07, 6.45) is 3.26.